The zero-order valence-corrected chi connectivity index (χ0v) is 23.8. The van der Waals surface area contributed by atoms with Crippen molar-refractivity contribution in [2.75, 3.05) is 28.8 Å². The van der Waals surface area contributed by atoms with E-state index in [1.807, 2.05) is 13.2 Å². The van der Waals surface area contributed by atoms with Crippen molar-refractivity contribution in [1.29, 1.82) is 0 Å². The van der Waals surface area contributed by atoms with Gasteiger partial charge in [-0.1, -0.05) is 30.5 Å². The van der Waals surface area contributed by atoms with Crippen molar-refractivity contribution in [3.05, 3.63) is 77.9 Å². The minimum atomic E-state index is -4.03. The van der Waals surface area contributed by atoms with E-state index in [1.54, 1.807) is 35.2 Å². The number of thioether (sulfide) groups is 1. The maximum atomic E-state index is 13.3. The monoisotopic (exact) mass is 573 g/mol. The Bertz CT molecular complexity index is 1500. The number of rotatable bonds is 8. The van der Waals surface area contributed by atoms with Crippen LogP contribution in [0.2, 0.25) is 0 Å². The lowest BCUT2D eigenvalue weighted by Crippen LogP contribution is -2.32. The molecule has 0 unspecified atom stereocenters. The molecule has 202 valence electrons. The molecule has 4 rings (SSSR count). The van der Waals surface area contributed by atoms with Crippen molar-refractivity contribution in [2.24, 2.45) is 0 Å². The van der Waals surface area contributed by atoms with E-state index < -0.39 is 20.0 Å². The Kier molecular flexibility index (Phi) is 8.69. The largest absolute Gasteiger partial charge is 0.339 e. The second kappa shape index (κ2) is 11.8. The molecule has 0 aliphatic carbocycles. The van der Waals surface area contributed by atoms with Gasteiger partial charge in [-0.2, -0.15) is 0 Å². The van der Waals surface area contributed by atoms with Gasteiger partial charge in [0, 0.05) is 29.4 Å². The number of carbonyl (C=O) groups is 1. The van der Waals surface area contributed by atoms with Gasteiger partial charge in [-0.05, 0) is 80.6 Å². The zero-order chi connectivity index (χ0) is 27.3. The van der Waals surface area contributed by atoms with E-state index in [9.17, 15) is 21.6 Å². The van der Waals surface area contributed by atoms with E-state index >= 15 is 0 Å². The topological polar surface area (TPSA) is 113 Å². The Hall–Kier alpha value is -3.02. The lowest BCUT2D eigenvalue weighted by molar-refractivity contribution is 0.0758. The lowest BCUT2D eigenvalue weighted by atomic mass is 10.2. The number of carbonyl (C=O) groups excluding carboxylic acids is 1. The summed E-state index contributed by atoms with van der Waals surface area (Å²) < 4.78 is 56.8. The summed E-state index contributed by atoms with van der Waals surface area (Å²) in [6.07, 6.45) is 5.89. The van der Waals surface area contributed by atoms with Crippen molar-refractivity contribution in [3.8, 4) is 0 Å². The first kappa shape index (κ1) is 28.0. The molecule has 38 heavy (non-hydrogen) atoms. The summed E-state index contributed by atoms with van der Waals surface area (Å²) in [4.78, 5) is 15.8. The highest BCUT2D eigenvalue weighted by atomic mass is 32.2. The molecule has 1 saturated heterocycles. The van der Waals surface area contributed by atoms with Crippen LogP contribution in [0.1, 0.15) is 41.6 Å². The van der Waals surface area contributed by atoms with Gasteiger partial charge in [0.05, 0.1) is 15.4 Å². The second-order valence-electron chi connectivity index (χ2n) is 9.17. The van der Waals surface area contributed by atoms with Crippen LogP contribution in [-0.2, 0) is 20.0 Å². The first-order valence-corrected chi connectivity index (χ1v) is 16.5. The van der Waals surface area contributed by atoms with Crippen LogP contribution in [0, 0.1) is 6.92 Å². The smallest absolute Gasteiger partial charge is 0.261 e. The Morgan fingerprint density at radius 3 is 1.79 bits per heavy atom. The molecule has 3 aromatic carbocycles. The predicted molar refractivity (Wildman–Crippen MR) is 152 cm³/mol. The number of hydrogen-bond donors (Lipinski definition) is 2. The lowest BCUT2D eigenvalue weighted by Gasteiger charge is -2.22. The summed E-state index contributed by atoms with van der Waals surface area (Å²) in [6, 6.07) is 16.9. The van der Waals surface area contributed by atoms with Crippen LogP contribution in [0.15, 0.2) is 81.4 Å². The fourth-order valence-electron chi connectivity index (χ4n) is 4.22. The van der Waals surface area contributed by atoms with Crippen LogP contribution >= 0.6 is 11.8 Å². The third-order valence-electron chi connectivity index (χ3n) is 6.33. The molecule has 0 bridgehead atoms. The summed E-state index contributed by atoms with van der Waals surface area (Å²) in [5, 5.41) is 0. The molecule has 11 heteroatoms. The van der Waals surface area contributed by atoms with Gasteiger partial charge in [-0.15, -0.1) is 11.8 Å². The summed E-state index contributed by atoms with van der Waals surface area (Å²) in [5.41, 5.74) is 2.00. The Morgan fingerprint density at radius 1 is 0.737 bits per heavy atom. The number of amides is 1. The molecule has 1 heterocycles. The van der Waals surface area contributed by atoms with Gasteiger partial charge in [0.1, 0.15) is 0 Å². The molecule has 0 aromatic heterocycles. The van der Waals surface area contributed by atoms with Crippen molar-refractivity contribution in [2.45, 2.75) is 47.3 Å². The minimum absolute atomic E-state index is 0.00400. The third-order valence-corrected chi connectivity index (χ3v) is 9.90. The van der Waals surface area contributed by atoms with E-state index in [1.165, 1.54) is 48.2 Å². The first-order valence-electron chi connectivity index (χ1n) is 12.3. The SMILES string of the molecule is CSc1ccc(S(=O)(=O)Nc2ccc(S(=O)(=O)Nc3ccc(C)cc3)cc2)cc1C(=O)N1CCCCCC1. The van der Waals surface area contributed by atoms with Crippen LogP contribution in [0.5, 0.6) is 0 Å². The predicted octanol–water partition coefficient (Wildman–Crippen LogP) is 5.33. The highest BCUT2D eigenvalue weighted by Crippen LogP contribution is 2.27. The van der Waals surface area contributed by atoms with E-state index in [-0.39, 0.29) is 21.4 Å². The van der Waals surface area contributed by atoms with Gasteiger partial charge in [-0.3, -0.25) is 14.2 Å². The molecule has 1 fully saturated rings. The maximum absolute atomic E-state index is 13.3. The van der Waals surface area contributed by atoms with Crippen molar-refractivity contribution < 1.29 is 21.6 Å². The fourth-order valence-corrected chi connectivity index (χ4v) is 6.93. The average Bonchev–Trinajstić information content (AvgIpc) is 3.19. The normalized spacial score (nSPS) is 14.5. The molecule has 2 N–H and O–H groups in total. The minimum Gasteiger partial charge on any atom is -0.339 e. The average molecular weight is 574 g/mol. The van der Waals surface area contributed by atoms with Crippen LogP contribution in [0.4, 0.5) is 11.4 Å². The number of nitrogens with one attached hydrogen (secondary N) is 2. The van der Waals surface area contributed by atoms with Crippen LogP contribution < -0.4 is 9.44 Å². The number of aryl methyl sites for hydroxylation is 1. The quantitative estimate of drug-likeness (QED) is 0.352. The summed E-state index contributed by atoms with van der Waals surface area (Å²) >= 11 is 1.40. The number of benzene rings is 3. The van der Waals surface area contributed by atoms with Crippen molar-refractivity contribution in [3.63, 3.8) is 0 Å². The Labute approximate surface area is 228 Å². The van der Waals surface area contributed by atoms with E-state index in [2.05, 4.69) is 9.44 Å². The van der Waals surface area contributed by atoms with E-state index in [0.29, 0.717) is 29.2 Å². The highest BCUT2D eigenvalue weighted by molar-refractivity contribution is 7.98. The van der Waals surface area contributed by atoms with Crippen molar-refractivity contribution in [1.82, 2.24) is 4.90 Å². The zero-order valence-electron chi connectivity index (χ0n) is 21.3. The molecule has 0 spiro atoms. The second-order valence-corrected chi connectivity index (χ2v) is 13.4. The Balaban J connectivity index is 1.53. The molecular formula is C27H31N3O5S3. The summed E-state index contributed by atoms with van der Waals surface area (Å²) in [6.45, 7) is 3.23. The summed E-state index contributed by atoms with van der Waals surface area (Å²) in [5.74, 6) is -0.163. The summed E-state index contributed by atoms with van der Waals surface area (Å²) in [7, 11) is -7.88. The van der Waals surface area contributed by atoms with Gasteiger partial charge >= 0.3 is 0 Å². The van der Waals surface area contributed by atoms with Crippen LogP contribution in [0.25, 0.3) is 0 Å². The molecule has 8 nitrogen and oxygen atoms in total. The fraction of sp³-hybridized carbons (Fsp3) is 0.296. The van der Waals surface area contributed by atoms with Crippen molar-refractivity contribution >= 4 is 49.1 Å². The highest BCUT2D eigenvalue weighted by Gasteiger charge is 2.24. The molecule has 0 radical (unpaired) electrons. The van der Waals surface area contributed by atoms with E-state index in [0.717, 1.165) is 31.2 Å². The van der Waals surface area contributed by atoms with Gasteiger partial charge < -0.3 is 4.90 Å². The number of sulfonamides is 2. The van der Waals surface area contributed by atoms with Gasteiger partial charge in [0.25, 0.3) is 26.0 Å². The standard InChI is InChI=1S/C27H31N3O5S3/c1-20-7-9-21(10-8-20)28-37(32,33)23-13-11-22(12-14-23)29-38(34,35)24-15-16-26(36-2)25(19-24)27(31)30-17-5-3-4-6-18-30/h7-16,19,28-29H,3-6,17-18H2,1-2H3. The van der Waals surface area contributed by atoms with Gasteiger partial charge in [0.2, 0.25) is 0 Å². The van der Waals surface area contributed by atoms with E-state index in [4.69, 9.17) is 0 Å². The molecule has 0 atom stereocenters. The number of nitrogens with zero attached hydrogens (tertiary/aromatic N) is 1. The number of hydrogen-bond acceptors (Lipinski definition) is 6. The van der Waals surface area contributed by atoms with Crippen LogP contribution in [-0.4, -0.2) is 47.0 Å². The molecular weight excluding hydrogens is 543 g/mol. The molecule has 3 aromatic rings. The Morgan fingerprint density at radius 2 is 1.24 bits per heavy atom. The molecule has 1 amide bonds. The first-order chi connectivity index (χ1) is 18.1. The molecule has 0 saturated carbocycles. The molecule has 1 aliphatic rings. The van der Waals surface area contributed by atoms with Crippen LogP contribution in [0.3, 0.4) is 0 Å². The number of likely N-dealkylation sites (tertiary alicyclic amines) is 1. The third kappa shape index (κ3) is 6.69. The maximum Gasteiger partial charge on any atom is 0.261 e. The van der Waals surface area contributed by atoms with Gasteiger partial charge in [0.15, 0.2) is 0 Å². The number of anilines is 2. The van der Waals surface area contributed by atoms with Gasteiger partial charge in [-0.25, -0.2) is 16.8 Å². The molecule has 1 aliphatic heterocycles.